The first kappa shape index (κ1) is 11.1. The number of aryl methyl sites for hydroxylation is 1. The van der Waals surface area contributed by atoms with Gasteiger partial charge in [0.25, 0.3) is 0 Å². The van der Waals surface area contributed by atoms with E-state index in [9.17, 15) is 0 Å². The summed E-state index contributed by atoms with van der Waals surface area (Å²) in [5.74, 6) is 0. The fraction of sp³-hybridized carbons (Fsp3) is 0.400. The highest BCUT2D eigenvalue weighted by Gasteiger charge is 1.99. The van der Waals surface area contributed by atoms with Crippen molar-refractivity contribution in [3.8, 4) is 0 Å². The van der Waals surface area contributed by atoms with E-state index in [0.717, 1.165) is 31.7 Å². The van der Waals surface area contributed by atoms with Crippen LogP contribution >= 0.6 is 11.3 Å². The number of nitrogens with zero attached hydrogens (tertiary/aromatic N) is 3. The normalized spacial score (nSPS) is 10.8. The van der Waals surface area contributed by atoms with Crippen LogP contribution in [0, 0.1) is 0 Å². The third kappa shape index (κ3) is 3.04. The highest BCUT2D eigenvalue weighted by Crippen LogP contribution is 2.17. The van der Waals surface area contributed by atoms with Gasteiger partial charge in [-0.25, -0.2) is 0 Å². The lowest BCUT2D eigenvalue weighted by Gasteiger charge is -2.03. The van der Waals surface area contributed by atoms with Crippen LogP contribution in [0.25, 0.3) is 0 Å². The standard InChI is InChI=1S/C10H15N5S/c11-9-2-7-16-10(9)8-12-3-1-5-15-6-4-13-14-15/h2,4,6-7,12H,1,3,5,8,11H2. The topological polar surface area (TPSA) is 68.8 Å². The molecule has 0 saturated heterocycles. The van der Waals surface area contributed by atoms with E-state index in [4.69, 9.17) is 5.73 Å². The van der Waals surface area contributed by atoms with Crippen LogP contribution in [0.15, 0.2) is 23.8 Å². The van der Waals surface area contributed by atoms with Gasteiger partial charge in [-0.2, -0.15) is 0 Å². The Labute approximate surface area is 98.3 Å². The summed E-state index contributed by atoms with van der Waals surface area (Å²) < 4.78 is 1.83. The molecule has 0 aromatic carbocycles. The van der Waals surface area contributed by atoms with Gasteiger partial charge in [0.2, 0.25) is 0 Å². The third-order valence-corrected chi connectivity index (χ3v) is 3.21. The van der Waals surface area contributed by atoms with E-state index in [2.05, 4.69) is 15.6 Å². The second-order valence-electron chi connectivity index (χ2n) is 3.50. The van der Waals surface area contributed by atoms with Crippen LogP contribution in [0.1, 0.15) is 11.3 Å². The molecule has 0 spiro atoms. The molecule has 3 N–H and O–H groups in total. The molecular weight excluding hydrogens is 222 g/mol. The molecule has 0 aliphatic heterocycles. The summed E-state index contributed by atoms with van der Waals surface area (Å²) >= 11 is 1.69. The maximum absolute atomic E-state index is 5.78. The SMILES string of the molecule is Nc1ccsc1CNCCCn1ccnn1. The van der Waals surface area contributed by atoms with E-state index in [1.807, 2.05) is 22.3 Å². The minimum absolute atomic E-state index is 0.848. The molecular formula is C10H15N5S. The maximum Gasteiger partial charge on any atom is 0.0692 e. The largest absolute Gasteiger partial charge is 0.398 e. The Morgan fingerprint density at radius 2 is 2.44 bits per heavy atom. The monoisotopic (exact) mass is 237 g/mol. The van der Waals surface area contributed by atoms with E-state index in [-0.39, 0.29) is 0 Å². The lowest BCUT2D eigenvalue weighted by Crippen LogP contribution is -2.16. The molecule has 0 atom stereocenters. The number of nitrogens with two attached hydrogens (primary N) is 1. The van der Waals surface area contributed by atoms with E-state index in [1.165, 1.54) is 4.88 Å². The lowest BCUT2D eigenvalue weighted by molar-refractivity contribution is 0.531. The summed E-state index contributed by atoms with van der Waals surface area (Å²) in [6.45, 7) is 2.70. The van der Waals surface area contributed by atoms with Crippen LogP contribution in [-0.4, -0.2) is 21.5 Å². The fourth-order valence-corrected chi connectivity index (χ4v) is 2.18. The Bertz CT molecular complexity index is 409. The molecule has 5 nitrogen and oxygen atoms in total. The average molecular weight is 237 g/mol. The molecule has 0 amide bonds. The van der Waals surface area contributed by atoms with Crippen molar-refractivity contribution in [1.29, 1.82) is 0 Å². The first-order valence-corrected chi connectivity index (χ1v) is 6.11. The van der Waals surface area contributed by atoms with Gasteiger partial charge in [-0.1, -0.05) is 5.21 Å². The minimum Gasteiger partial charge on any atom is -0.398 e. The molecule has 0 bridgehead atoms. The smallest absolute Gasteiger partial charge is 0.0692 e. The van der Waals surface area contributed by atoms with Gasteiger partial charge in [0.05, 0.1) is 6.20 Å². The first-order chi connectivity index (χ1) is 7.86. The highest BCUT2D eigenvalue weighted by atomic mass is 32.1. The van der Waals surface area contributed by atoms with Gasteiger partial charge in [0.1, 0.15) is 0 Å². The molecule has 6 heteroatoms. The van der Waals surface area contributed by atoms with Crippen LogP contribution in [0.5, 0.6) is 0 Å². The molecule has 16 heavy (non-hydrogen) atoms. The summed E-state index contributed by atoms with van der Waals surface area (Å²) in [5, 5.41) is 13.0. The van der Waals surface area contributed by atoms with E-state index in [0.29, 0.717) is 0 Å². The van der Waals surface area contributed by atoms with Gasteiger partial charge in [-0.3, -0.25) is 4.68 Å². The fourth-order valence-electron chi connectivity index (χ4n) is 1.41. The number of thiophene rings is 1. The molecule has 0 aliphatic rings. The van der Waals surface area contributed by atoms with E-state index >= 15 is 0 Å². The zero-order chi connectivity index (χ0) is 11.2. The van der Waals surface area contributed by atoms with Crippen LogP contribution in [0.3, 0.4) is 0 Å². The number of nitrogens with one attached hydrogen (secondary N) is 1. The molecule has 2 aromatic heterocycles. The number of anilines is 1. The molecule has 0 saturated carbocycles. The minimum atomic E-state index is 0.848. The van der Waals surface area contributed by atoms with Crippen LogP contribution in [0.2, 0.25) is 0 Å². The Hall–Kier alpha value is -1.40. The second kappa shape index (κ2) is 5.62. The van der Waals surface area contributed by atoms with E-state index < -0.39 is 0 Å². The molecule has 0 fully saturated rings. The molecule has 0 radical (unpaired) electrons. The van der Waals surface area contributed by atoms with Crippen molar-refractivity contribution in [2.24, 2.45) is 0 Å². The van der Waals surface area contributed by atoms with Crippen molar-refractivity contribution in [2.75, 3.05) is 12.3 Å². The summed E-state index contributed by atoms with van der Waals surface area (Å²) in [5.41, 5.74) is 6.66. The zero-order valence-corrected chi connectivity index (χ0v) is 9.78. The Kier molecular flexibility index (Phi) is 3.90. The zero-order valence-electron chi connectivity index (χ0n) is 8.97. The highest BCUT2D eigenvalue weighted by molar-refractivity contribution is 7.10. The molecule has 86 valence electrons. The average Bonchev–Trinajstić information content (AvgIpc) is 2.90. The molecule has 0 unspecified atom stereocenters. The first-order valence-electron chi connectivity index (χ1n) is 5.23. The lowest BCUT2D eigenvalue weighted by atomic mass is 10.3. The summed E-state index contributed by atoms with van der Waals surface area (Å²) in [6, 6.07) is 1.94. The number of rotatable bonds is 6. The van der Waals surface area contributed by atoms with Crippen LogP contribution in [-0.2, 0) is 13.1 Å². The van der Waals surface area contributed by atoms with E-state index in [1.54, 1.807) is 17.5 Å². The number of hydrogen-bond donors (Lipinski definition) is 2. The van der Waals surface area contributed by atoms with Crippen molar-refractivity contribution in [2.45, 2.75) is 19.5 Å². The van der Waals surface area contributed by atoms with Crippen molar-refractivity contribution in [1.82, 2.24) is 20.3 Å². The maximum atomic E-state index is 5.78. The van der Waals surface area contributed by atoms with Crippen LogP contribution < -0.4 is 11.1 Å². The summed E-state index contributed by atoms with van der Waals surface area (Å²) in [6.07, 6.45) is 4.60. The van der Waals surface area contributed by atoms with Crippen molar-refractivity contribution < 1.29 is 0 Å². The van der Waals surface area contributed by atoms with Gasteiger partial charge in [0, 0.05) is 29.9 Å². The number of nitrogen functional groups attached to an aromatic ring is 1. The number of hydrogen-bond acceptors (Lipinski definition) is 5. The van der Waals surface area contributed by atoms with Crippen molar-refractivity contribution in [3.05, 3.63) is 28.7 Å². The van der Waals surface area contributed by atoms with Gasteiger partial charge >= 0.3 is 0 Å². The summed E-state index contributed by atoms with van der Waals surface area (Å²) in [4.78, 5) is 1.21. The second-order valence-corrected chi connectivity index (χ2v) is 4.50. The predicted octanol–water partition coefficient (Wildman–Crippen LogP) is 1.10. The predicted molar refractivity (Wildman–Crippen MR) is 65.1 cm³/mol. The van der Waals surface area contributed by atoms with Crippen molar-refractivity contribution >= 4 is 17.0 Å². The van der Waals surface area contributed by atoms with Gasteiger partial charge in [-0.15, -0.1) is 16.4 Å². The third-order valence-electron chi connectivity index (χ3n) is 2.28. The number of aromatic nitrogens is 3. The van der Waals surface area contributed by atoms with Crippen LogP contribution in [0.4, 0.5) is 5.69 Å². The molecule has 2 heterocycles. The van der Waals surface area contributed by atoms with Gasteiger partial charge in [0.15, 0.2) is 0 Å². The quantitative estimate of drug-likeness (QED) is 0.738. The molecule has 0 aliphatic carbocycles. The van der Waals surface area contributed by atoms with Gasteiger partial charge in [-0.05, 0) is 24.4 Å². The molecule has 2 aromatic rings. The molecule has 2 rings (SSSR count). The Morgan fingerprint density at radius 3 is 3.12 bits per heavy atom. The van der Waals surface area contributed by atoms with Gasteiger partial charge < -0.3 is 11.1 Å². The van der Waals surface area contributed by atoms with Crippen molar-refractivity contribution in [3.63, 3.8) is 0 Å². The Balaban J connectivity index is 1.61. The summed E-state index contributed by atoms with van der Waals surface area (Å²) in [7, 11) is 0. The Morgan fingerprint density at radius 1 is 1.50 bits per heavy atom.